The Hall–Kier alpha value is -3.57. The summed E-state index contributed by atoms with van der Waals surface area (Å²) in [5.41, 5.74) is 4.65. The molecule has 1 atom stereocenters. The standard InChI is InChI=1S/C22H20N6OS/c1-14-8-17(4-5-20(14)27-12-15(2)24-13-27)9-18-10-19(11-23)26-28(22(18)29)16(3)21-6-7-25-30-21/h4-8,10,12-13,16H,9H2,1-3H3/t16-/m0/s1. The quantitative estimate of drug-likeness (QED) is 0.496. The molecule has 3 aromatic heterocycles. The molecular formula is C22H20N6OS. The molecule has 0 aliphatic carbocycles. The lowest BCUT2D eigenvalue weighted by Gasteiger charge is -2.14. The summed E-state index contributed by atoms with van der Waals surface area (Å²) in [6.45, 7) is 5.87. The van der Waals surface area contributed by atoms with Crippen molar-refractivity contribution in [2.24, 2.45) is 0 Å². The van der Waals surface area contributed by atoms with Gasteiger partial charge >= 0.3 is 0 Å². The summed E-state index contributed by atoms with van der Waals surface area (Å²) in [6.07, 6.45) is 5.89. The van der Waals surface area contributed by atoms with E-state index < -0.39 is 0 Å². The molecule has 4 aromatic rings. The molecule has 0 aliphatic rings. The first kappa shape index (κ1) is 19.7. The number of nitrogens with zero attached hydrogens (tertiary/aromatic N) is 6. The van der Waals surface area contributed by atoms with Crippen LogP contribution in [0.4, 0.5) is 0 Å². The van der Waals surface area contributed by atoms with Crippen molar-refractivity contribution in [3.63, 3.8) is 0 Å². The van der Waals surface area contributed by atoms with Crippen molar-refractivity contribution in [3.05, 3.63) is 92.4 Å². The third-order valence-electron chi connectivity index (χ3n) is 5.01. The highest BCUT2D eigenvalue weighted by Crippen LogP contribution is 2.20. The predicted octanol–water partition coefficient (Wildman–Crippen LogP) is 3.57. The van der Waals surface area contributed by atoms with Crippen LogP contribution in [-0.4, -0.2) is 23.7 Å². The number of rotatable bonds is 5. The fourth-order valence-corrected chi connectivity index (χ4v) is 4.08. The van der Waals surface area contributed by atoms with E-state index in [1.165, 1.54) is 16.2 Å². The molecule has 0 unspecified atom stereocenters. The summed E-state index contributed by atoms with van der Waals surface area (Å²) in [4.78, 5) is 18.3. The number of hydrogen-bond acceptors (Lipinski definition) is 6. The van der Waals surface area contributed by atoms with Crippen molar-refractivity contribution in [1.29, 1.82) is 5.26 Å². The Morgan fingerprint density at radius 1 is 1.23 bits per heavy atom. The van der Waals surface area contributed by atoms with Crippen LogP contribution in [0.25, 0.3) is 5.69 Å². The third-order valence-corrected chi connectivity index (χ3v) is 5.92. The van der Waals surface area contributed by atoms with Crippen molar-refractivity contribution >= 4 is 11.5 Å². The average molecular weight is 417 g/mol. The van der Waals surface area contributed by atoms with Crippen LogP contribution in [0.2, 0.25) is 0 Å². The topological polar surface area (TPSA) is 89.4 Å². The summed E-state index contributed by atoms with van der Waals surface area (Å²) >= 11 is 1.32. The van der Waals surface area contributed by atoms with Gasteiger partial charge in [0.05, 0.1) is 18.1 Å². The van der Waals surface area contributed by atoms with Gasteiger partial charge < -0.3 is 4.57 Å². The van der Waals surface area contributed by atoms with Crippen LogP contribution in [0, 0.1) is 25.2 Å². The van der Waals surface area contributed by atoms with E-state index in [2.05, 4.69) is 26.6 Å². The second-order valence-electron chi connectivity index (χ2n) is 7.23. The van der Waals surface area contributed by atoms with E-state index >= 15 is 0 Å². The zero-order valence-electron chi connectivity index (χ0n) is 16.9. The summed E-state index contributed by atoms with van der Waals surface area (Å²) < 4.78 is 7.47. The monoisotopic (exact) mass is 416 g/mol. The summed E-state index contributed by atoms with van der Waals surface area (Å²) in [6, 6.07) is 11.3. The molecule has 150 valence electrons. The first-order valence-corrected chi connectivity index (χ1v) is 10.3. The molecular weight excluding hydrogens is 396 g/mol. The van der Waals surface area contributed by atoms with Gasteiger partial charge in [0.2, 0.25) is 0 Å². The Bertz CT molecular complexity index is 1300. The van der Waals surface area contributed by atoms with Crippen LogP contribution in [0.3, 0.4) is 0 Å². The molecule has 1 aromatic carbocycles. The molecule has 4 rings (SSSR count). The normalized spacial score (nSPS) is 11.9. The maximum absolute atomic E-state index is 13.1. The molecule has 0 bridgehead atoms. The summed E-state index contributed by atoms with van der Waals surface area (Å²) in [5.74, 6) is 0. The Labute approximate surface area is 178 Å². The van der Waals surface area contributed by atoms with E-state index in [1.807, 2.05) is 49.7 Å². The van der Waals surface area contributed by atoms with Gasteiger partial charge in [0, 0.05) is 34.9 Å². The lowest BCUT2D eigenvalue weighted by atomic mass is 10.0. The van der Waals surface area contributed by atoms with Crippen LogP contribution < -0.4 is 5.56 Å². The molecule has 0 saturated heterocycles. The van der Waals surface area contributed by atoms with Crippen molar-refractivity contribution in [2.75, 3.05) is 0 Å². The van der Waals surface area contributed by atoms with Crippen molar-refractivity contribution in [2.45, 2.75) is 33.2 Å². The number of hydrogen-bond donors (Lipinski definition) is 0. The molecule has 8 heteroatoms. The lowest BCUT2D eigenvalue weighted by molar-refractivity contribution is 0.531. The van der Waals surface area contributed by atoms with Gasteiger partial charge in [-0.05, 0) is 61.6 Å². The van der Waals surface area contributed by atoms with Crippen molar-refractivity contribution in [1.82, 2.24) is 23.7 Å². The molecule has 0 fully saturated rings. The van der Waals surface area contributed by atoms with Gasteiger partial charge in [-0.15, -0.1) is 0 Å². The maximum Gasteiger partial charge on any atom is 0.270 e. The molecule has 30 heavy (non-hydrogen) atoms. The number of aryl methyl sites for hydroxylation is 2. The minimum atomic E-state index is -0.286. The van der Waals surface area contributed by atoms with Gasteiger partial charge in [-0.1, -0.05) is 12.1 Å². The van der Waals surface area contributed by atoms with Gasteiger partial charge in [0.25, 0.3) is 5.56 Å². The highest BCUT2D eigenvalue weighted by Gasteiger charge is 2.17. The van der Waals surface area contributed by atoms with Crippen molar-refractivity contribution < 1.29 is 0 Å². The smallest absolute Gasteiger partial charge is 0.270 e. The van der Waals surface area contributed by atoms with Gasteiger partial charge in [0.1, 0.15) is 6.07 Å². The van der Waals surface area contributed by atoms with Crippen LogP contribution >= 0.6 is 11.5 Å². The molecule has 0 N–H and O–H groups in total. The minimum absolute atomic E-state index is 0.193. The molecule has 3 heterocycles. The van der Waals surface area contributed by atoms with Crippen molar-refractivity contribution in [3.8, 4) is 11.8 Å². The van der Waals surface area contributed by atoms with Gasteiger partial charge in [-0.2, -0.15) is 10.4 Å². The SMILES string of the molecule is Cc1cn(-c2ccc(Cc3cc(C#N)nn([C@@H](C)c4ccns4)c3=O)cc2C)cn1. The summed E-state index contributed by atoms with van der Waals surface area (Å²) in [7, 11) is 0. The summed E-state index contributed by atoms with van der Waals surface area (Å²) in [5, 5.41) is 13.7. The zero-order chi connectivity index (χ0) is 21.3. The Kier molecular flexibility index (Phi) is 5.29. The van der Waals surface area contributed by atoms with Crippen LogP contribution in [0.1, 0.15) is 45.9 Å². The van der Waals surface area contributed by atoms with E-state index in [0.717, 1.165) is 27.4 Å². The van der Waals surface area contributed by atoms with Crippen LogP contribution in [0.15, 0.2) is 53.8 Å². The first-order valence-electron chi connectivity index (χ1n) is 9.50. The third kappa shape index (κ3) is 3.80. The lowest BCUT2D eigenvalue weighted by Crippen LogP contribution is -2.30. The van der Waals surface area contributed by atoms with E-state index in [9.17, 15) is 10.1 Å². The van der Waals surface area contributed by atoms with Crippen LogP contribution in [0.5, 0.6) is 0 Å². The van der Waals surface area contributed by atoms with Crippen LogP contribution in [-0.2, 0) is 6.42 Å². The van der Waals surface area contributed by atoms with E-state index in [0.29, 0.717) is 12.0 Å². The molecule has 0 radical (unpaired) electrons. The fourth-order valence-electron chi connectivity index (χ4n) is 3.46. The zero-order valence-corrected chi connectivity index (χ0v) is 17.7. The molecule has 0 aliphatic heterocycles. The predicted molar refractivity (Wildman–Crippen MR) is 115 cm³/mol. The van der Waals surface area contributed by atoms with E-state index in [-0.39, 0.29) is 17.3 Å². The molecule has 0 saturated carbocycles. The Morgan fingerprint density at radius 2 is 2.07 bits per heavy atom. The number of benzene rings is 1. The Morgan fingerprint density at radius 3 is 2.70 bits per heavy atom. The number of aromatic nitrogens is 5. The number of imidazole rings is 1. The largest absolute Gasteiger partial charge is 0.306 e. The van der Waals surface area contributed by atoms with E-state index in [4.69, 9.17) is 0 Å². The fraction of sp³-hybridized carbons (Fsp3) is 0.227. The maximum atomic E-state index is 13.1. The number of nitriles is 1. The first-order chi connectivity index (χ1) is 14.5. The van der Waals surface area contributed by atoms with Gasteiger partial charge in [0.15, 0.2) is 5.69 Å². The van der Waals surface area contributed by atoms with E-state index in [1.54, 1.807) is 18.6 Å². The highest BCUT2D eigenvalue weighted by atomic mass is 32.1. The molecule has 0 amide bonds. The molecule has 0 spiro atoms. The average Bonchev–Trinajstić information content (AvgIpc) is 3.41. The molecule has 7 nitrogen and oxygen atoms in total. The second kappa shape index (κ2) is 8.05. The van der Waals surface area contributed by atoms with Gasteiger partial charge in [-0.25, -0.2) is 14.0 Å². The highest BCUT2D eigenvalue weighted by molar-refractivity contribution is 7.05. The van der Waals surface area contributed by atoms with Gasteiger partial charge in [-0.3, -0.25) is 4.79 Å². The minimum Gasteiger partial charge on any atom is -0.306 e. The second-order valence-corrected chi connectivity index (χ2v) is 8.09. The Balaban J connectivity index is 1.69.